The molecule has 0 heterocycles. The molecule has 0 unspecified atom stereocenters. The molecular formula is C16H18N2O2S. The average molecular weight is 302 g/mol. The van der Waals surface area contributed by atoms with Crippen LogP contribution >= 0.6 is 0 Å². The topological polar surface area (TPSA) is 49.7 Å². The molecule has 0 saturated heterocycles. The summed E-state index contributed by atoms with van der Waals surface area (Å²) in [5.41, 5.74) is 3.01. The molecule has 0 aromatic heterocycles. The van der Waals surface area contributed by atoms with Crippen LogP contribution < -0.4 is 0 Å². The Labute approximate surface area is 125 Å². The molecule has 110 valence electrons. The molecule has 4 nitrogen and oxygen atoms in total. The summed E-state index contributed by atoms with van der Waals surface area (Å²) in [4.78, 5) is 0.233. The highest BCUT2D eigenvalue weighted by molar-refractivity contribution is 7.89. The van der Waals surface area contributed by atoms with Crippen molar-refractivity contribution >= 4 is 16.2 Å². The lowest BCUT2D eigenvalue weighted by Crippen LogP contribution is -2.21. The Morgan fingerprint density at radius 1 is 0.905 bits per heavy atom. The third-order valence-corrected chi connectivity index (χ3v) is 4.77. The Morgan fingerprint density at radius 2 is 1.38 bits per heavy atom. The van der Waals surface area contributed by atoms with Gasteiger partial charge < -0.3 is 0 Å². The van der Waals surface area contributed by atoms with E-state index < -0.39 is 10.0 Å². The van der Waals surface area contributed by atoms with Gasteiger partial charge in [0.2, 0.25) is 0 Å². The summed E-state index contributed by atoms with van der Waals surface area (Å²) in [6.45, 7) is 3.91. The fraction of sp³-hybridized carbons (Fsp3) is 0.188. The molecular weight excluding hydrogens is 284 g/mol. The van der Waals surface area contributed by atoms with E-state index in [2.05, 4.69) is 5.10 Å². The maximum absolute atomic E-state index is 12.3. The van der Waals surface area contributed by atoms with E-state index in [0.717, 1.165) is 21.1 Å². The molecule has 0 bridgehead atoms. The Balaban J connectivity index is 2.20. The van der Waals surface area contributed by atoms with Crippen molar-refractivity contribution in [1.29, 1.82) is 0 Å². The monoisotopic (exact) mass is 302 g/mol. The van der Waals surface area contributed by atoms with Gasteiger partial charge >= 0.3 is 0 Å². The van der Waals surface area contributed by atoms with Gasteiger partial charge in [0.05, 0.1) is 11.1 Å². The minimum absolute atomic E-state index is 0.233. The number of sulfonamides is 1. The molecule has 0 aliphatic heterocycles. The molecule has 0 amide bonds. The van der Waals surface area contributed by atoms with E-state index in [9.17, 15) is 8.42 Å². The number of hydrazone groups is 1. The Bertz CT molecular complexity index is 733. The third-order valence-electron chi connectivity index (χ3n) is 3.11. The van der Waals surface area contributed by atoms with Crippen molar-refractivity contribution in [3.8, 4) is 0 Å². The highest BCUT2D eigenvalue weighted by Gasteiger charge is 2.18. The summed E-state index contributed by atoms with van der Waals surface area (Å²) in [6, 6.07) is 14.4. The fourth-order valence-corrected chi connectivity index (χ4v) is 2.68. The van der Waals surface area contributed by atoms with E-state index >= 15 is 0 Å². The van der Waals surface area contributed by atoms with Crippen LogP contribution in [0.2, 0.25) is 0 Å². The third kappa shape index (κ3) is 3.70. The van der Waals surface area contributed by atoms with Gasteiger partial charge in [-0.15, -0.1) is 0 Å². The summed E-state index contributed by atoms with van der Waals surface area (Å²) in [5.74, 6) is 0. The maximum Gasteiger partial charge on any atom is 0.278 e. The minimum Gasteiger partial charge on any atom is -0.200 e. The lowest BCUT2D eigenvalue weighted by molar-refractivity contribution is 0.491. The first-order valence-corrected chi connectivity index (χ1v) is 8.00. The van der Waals surface area contributed by atoms with Crippen molar-refractivity contribution < 1.29 is 8.42 Å². The number of hydrogen-bond acceptors (Lipinski definition) is 3. The van der Waals surface area contributed by atoms with Gasteiger partial charge in [-0.25, -0.2) is 0 Å². The van der Waals surface area contributed by atoms with Crippen LogP contribution in [0.1, 0.15) is 16.7 Å². The van der Waals surface area contributed by atoms with Gasteiger partial charge in [0, 0.05) is 7.05 Å². The van der Waals surface area contributed by atoms with Crippen LogP contribution in [0.3, 0.4) is 0 Å². The van der Waals surface area contributed by atoms with Crippen LogP contribution in [0.15, 0.2) is 58.5 Å². The van der Waals surface area contributed by atoms with Crippen LogP contribution in [-0.4, -0.2) is 26.1 Å². The van der Waals surface area contributed by atoms with E-state index in [1.807, 2.05) is 38.1 Å². The number of aryl methyl sites for hydroxylation is 2. The second-order valence-corrected chi connectivity index (χ2v) is 6.86. The fourth-order valence-electron chi connectivity index (χ4n) is 1.73. The average Bonchev–Trinajstić information content (AvgIpc) is 2.46. The molecule has 21 heavy (non-hydrogen) atoms. The van der Waals surface area contributed by atoms with Gasteiger partial charge in [-0.2, -0.15) is 17.9 Å². The molecule has 2 aromatic carbocycles. The van der Waals surface area contributed by atoms with Crippen LogP contribution in [-0.2, 0) is 10.0 Å². The van der Waals surface area contributed by atoms with E-state index in [1.165, 1.54) is 13.3 Å². The van der Waals surface area contributed by atoms with E-state index in [1.54, 1.807) is 24.3 Å². The van der Waals surface area contributed by atoms with Crippen molar-refractivity contribution in [2.45, 2.75) is 18.7 Å². The standard InChI is InChI=1S/C16H18N2O2S/c1-13-4-8-15(9-5-13)12-17-18(3)21(19,20)16-10-6-14(2)7-11-16/h4-12H,1-3H3/b17-12-. The molecule has 0 radical (unpaired) electrons. The van der Waals surface area contributed by atoms with Gasteiger partial charge in [-0.05, 0) is 31.5 Å². The van der Waals surface area contributed by atoms with Gasteiger partial charge in [-0.3, -0.25) is 0 Å². The highest BCUT2D eigenvalue weighted by atomic mass is 32.2. The minimum atomic E-state index is -3.60. The molecule has 0 fully saturated rings. The zero-order valence-electron chi connectivity index (χ0n) is 12.3. The highest BCUT2D eigenvalue weighted by Crippen LogP contribution is 2.15. The number of rotatable bonds is 4. The first-order chi connectivity index (χ1) is 9.89. The largest absolute Gasteiger partial charge is 0.278 e. The zero-order valence-corrected chi connectivity index (χ0v) is 13.1. The normalized spacial score (nSPS) is 11.8. The molecule has 0 saturated carbocycles. The predicted octanol–water partition coefficient (Wildman–Crippen LogP) is 2.96. The quantitative estimate of drug-likeness (QED) is 0.644. The zero-order chi connectivity index (χ0) is 15.5. The summed E-state index contributed by atoms with van der Waals surface area (Å²) in [5, 5.41) is 4.01. The van der Waals surface area contributed by atoms with E-state index in [-0.39, 0.29) is 4.90 Å². The molecule has 0 spiro atoms. The molecule has 0 aliphatic carbocycles. The lowest BCUT2D eigenvalue weighted by Gasteiger charge is -2.13. The predicted molar refractivity (Wildman–Crippen MR) is 84.9 cm³/mol. The van der Waals surface area contributed by atoms with Crippen LogP contribution in [0, 0.1) is 13.8 Å². The van der Waals surface area contributed by atoms with Crippen molar-refractivity contribution in [1.82, 2.24) is 4.41 Å². The van der Waals surface area contributed by atoms with Crippen LogP contribution in [0.5, 0.6) is 0 Å². The molecule has 0 N–H and O–H groups in total. The van der Waals surface area contributed by atoms with Gasteiger partial charge in [0.15, 0.2) is 0 Å². The SMILES string of the molecule is Cc1ccc(/C=N\N(C)S(=O)(=O)c2ccc(C)cc2)cc1. The molecule has 0 aliphatic rings. The van der Waals surface area contributed by atoms with Gasteiger partial charge in [0.25, 0.3) is 10.0 Å². The van der Waals surface area contributed by atoms with Gasteiger partial charge in [-0.1, -0.05) is 47.5 Å². The molecule has 0 atom stereocenters. The first kappa shape index (κ1) is 15.3. The number of nitrogens with zero attached hydrogens (tertiary/aromatic N) is 2. The Morgan fingerprint density at radius 3 is 1.90 bits per heavy atom. The molecule has 5 heteroatoms. The number of benzene rings is 2. The van der Waals surface area contributed by atoms with E-state index in [0.29, 0.717) is 0 Å². The van der Waals surface area contributed by atoms with Crippen LogP contribution in [0.25, 0.3) is 0 Å². The summed E-state index contributed by atoms with van der Waals surface area (Å²) < 4.78 is 25.6. The van der Waals surface area contributed by atoms with Crippen molar-refractivity contribution in [2.24, 2.45) is 5.10 Å². The van der Waals surface area contributed by atoms with E-state index in [4.69, 9.17) is 0 Å². The molecule has 2 aromatic rings. The van der Waals surface area contributed by atoms with Crippen molar-refractivity contribution in [3.63, 3.8) is 0 Å². The second-order valence-electron chi connectivity index (χ2n) is 4.91. The lowest BCUT2D eigenvalue weighted by atomic mass is 10.2. The first-order valence-electron chi connectivity index (χ1n) is 6.56. The van der Waals surface area contributed by atoms with Crippen molar-refractivity contribution in [3.05, 3.63) is 65.2 Å². The smallest absolute Gasteiger partial charge is 0.200 e. The molecule has 2 rings (SSSR count). The van der Waals surface area contributed by atoms with Crippen molar-refractivity contribution in [2.75, 3.05) is 7.05 Å². The van der Waals surface area contributed by atoms with Crippen LogP contribution in [0.4, 0.5) is 0 Å². The summed E-state index contributed by atoms with van der Waals surface area (Å²) in [7, 11) is -2.17. The van der Waals surface area contributed by atoms with Gasteiger partial charge in [0.1, 0.15) is 0 Å². The second kappa shape index (κ2) is 6.10. The maximum atomic E-state index is 12.3. The Kier molecular flexibility index (Phi) is 4.43. The summed E-state index contributed by atoms with van der Waals surface area (Å²) in [6.07, 6.45) is 1.53. The Hall–Kier alpha value is -2.14. The number of hydrogen-bond donors (Lipinski definition) is 0. The summed E-state index contributed by atoms with van der Waals surface area (Å²) >= 11 is 0.